The number of hydrogen-bond donors (Lipinski definition) is 0. The van der Waals surface area contributed by atoms with Crippen LogP contribution >= 0.6 is 15.9 Å². The molecule has 0 aliphatic rings. The van der Waals surface area contributed by atoms with E-state index in [2.05, 4.69) is 15.9 Å². The van der Waals surface area contributed by atoms with Gasteiger partial charge < -0.3 is 4.74 Å². The van der Waals surface area contributed by atoms with Crippen LogP contribution in [-0.2, 0) is 11.2 Å². The van der Waals surface area contributed by atoms with Crippen LogP contribution in [0, 0.1) is 0 Å². The second-order valence-electron chi connectivity index (χ2n) is 3.89. The lowest BCUT2D eigenvalue weighted by Crippen LogP contribution is -2.09. The van der Waals surface area contributed by atoms with Crippen molar-refractivity contribution in [1.82, 2.24) is 0 Å². The van der Waals surface area contributed by atoms with Crippen molar-refractivity contribution in [1.29, 1.82) is 0 Å². The van der Waals surface area contributed by atoms with Gasteiger partial charge >= 0.3 is 5.97 Å². The molecule has 2 aromatic carbocycles. The van der Waals surface area contributed by atoms with Crippen molar-refractivity contribution in [2.75, 3.05) is 0 Å². The number of esters is 1. The Bertz CT molecular complexity index is 523. The quantitative estimate of drug-likeness (QED) is 0.631. The normalized spacial score (nSPS) is 10.1. The number of ether oxygens (including phenoxy) is 1. The first-order valence-electron chi connectivity index (χ1n) is 5.75. The average molecular weight is 305 g/mol. The van der Waals surface area contributed by atoms with E-state index < -0.39 is 0 Å². The van der Waals surface area contributed by atoms with Crippen molar-refractivity contribution in [3.05, 3.63) is 64.6 Å². The van der Waals surface area contributed by atoms with Gasteiger partial charge in [0.25, 0.3) is 0 Å². The number of halogens is 1. The van der Waals surface area contributed by atoms with Gasteiger partial charge in [0.1, 0.15) is 5.75 Å². The molecule has 0 aliphatic carbocycles. The van der Waals surface area contributed by atoms with E-state index in [1.54, 1.807) is 6.07 Å². The van der Waals surface area contributed by atoms with Crippen molar-refractivity contribution in [3.8, 4) is 5.75 Å². The topological polar surface area (TPSA) is 26.3 Å². The molecule has 18 heavy (non-hydrogen) atoms. The highest BCUT2D eigenvalue weighted by Gasteiger charge is 2.07. The van der Waals surface area contributed by atoms with Gasteiger partial charge in [-0.3, -0.25) is 4.79 Å². The van der Waals surface area contributed by atoms with Gasteiger partial charge in [-0.2, -0.15) is 0 Å². The average Bonchev–Trinajstić information content (AvgIpc) is 2.40. The smallest absolute Gasteiger partial charge is 0.311 e. The summed E-state index contributed by atoms with van der Waals surface area (Å²) in [5.74, 6) is 0.348. The second-order valence-corrected chi connectivity index (χ2v) is 4.74. The Hall–Kier alpha value is -1.61. The molecule has 0 atom stereocenters. The molecule has 0 unspecified atom stereocenters. The molecule has 0 aromatic heterocycles. The number of hydrogen-bond acceptors (Lipinski definition) is 2. The molecular formula is C15H13BrO2. The van der Waals surface area contributed by atoms with E-state index in [-0.39, 0.29) is 5.97 Å². The first kappa shape index (κ1) is 12.8. The first-order valence-corrected chi connectivity index (χ1v) is 6.54. The number of benzene rings is 2. The van der Waals surface area contributed by atoms with E-state index >= 15 is 0 Å². The number of aryl methyl sites for hydroxylation is 1. The van der Waals surface area contributed by atoms with Crippen LogP contribution in [0.15, 0.2) is 59.1 Å². The molecule has 0 bridgehead atoms. The Kier molecular flexibility index (Phi) is 4.53. The summed E-state index contributed by atoms with van der Waals surface area (Å²) in [5.41, 5.74) is 1.14. The zero-order valence-corrected chi connectivity index (χ0v) is 11.4. The van der Waals surface area contributed by atoms with E-state index in [4.69, 9.17) is 4.74 Å². The van der Waals surface area contributed by atoms with Crippen LogP contribution in [0.4, 0.5) is 0 Å². The molecule has 2 aromatic rings. The molecule has 2 nitrogen and oxygen atoms in total. The predicted molar refractivity (Wildman–Crippen MR) is 74.5 cm³/mol. The van der Waals surface area contributed by atoms with E-state index in [0.29, 0.717) is 18.6 Å². The van der Waals surface area contributed by atoms with Gasteiger partial charge in [-0.1, -0.05) is 42.5 Å². The summed E-state index contributed by atoms with van der Waals surface area (Å²) < 4.78 is 6.07. The molecule has 0 N–H and O–H groups in total. The van der Waals surface area contributed by atoms with Crippen LogP contribution in [-0.4, -0.2) is 5.97 Å². The first-order chi connectivity index (χ1) is 8.75. The highest BCUT2D eigenvalue weighted by Crippen LogP contribution is 2.24. The summed E-state index contributed by atoms with van der Waals surface area (Å²) in [6.45, 7) is 0. The molecule has 3 heteroatoms. The second kappa shape index (κ2) is 6.36. The maximum Gasteiger partial charge on any atom is 0.311 e. The number of para-hydroxylation sites is 1. The van der Waals surface area contributed by atoms with Gasteiger partial charge in [-0.25, -0.2) is 0 Å². The van der Waals surface area contributed by atoms with Gasteiger partial charge in [0.05, 0.1) is 4.47 Å². The lowest BCUT2D eigenvalue weighted by molar-refractivity contribution is -0.134. The minimum absolute atomic E-state index is 0.217. The Morgan fingerprint density at radius 2 is 1.67 bits per heavy atom. The van der Waals surface area contributed by atoms with Gasteiger partial charge in [-0.05, 0) is 40.0 Å². The van der Waals surface area contributed by atoms with Crippen LogP contribution in [0.1, 0.15) is 12.0 Å². The van der Waals surface area contributed by atoms with Crippen molar-refractivity contribution < 1.29 is 9.53 Å². The number of carbonyl (C=O) groups is 1. The fraction of sp³-hybridized carbons (Fsp3) is 0.133. The molecule has 0 saturated carbocycles. The third kappa shape index (κ3) is 3.70. The van der Waals surface area contributed by atoms with Gasteiger partial charge in [-0.15, -0.1) is 0 Å². The minimum atomic E-state index is -0.217. The maximum absolute atomic E-state index is 11.7. The van der Waals surface area contributed by atoms with Crippen LogP contribution in [0.2, 0.25) is 0 Å². The Morgan fingerprint density at radius 3 is 2.39 bits per heavy atom. The fourth-order valence-electron chi connectivity index (χ4n) is 1.59. The number of carbonyl (C=O) groups excluding carboxylic acids is 1. The predicted octanol–water partition coefficient (Wildman–Crippen LogP) is 3.99. The van der Waals surface area contributed by atoms with E-state index in [1.807, 2.05) is 48.5 Å². The van der Waals surface area contributed by atoms with Crippen molar-refractivity contribution in [2.45, 2.75) is 12.8 Å². The monoisotopic (exact) mass is 304 g/mol. The third-order valence-corrected chi connectivity index (χ3v) is 3.18. The van der Waals surface area contributed by atoms with E-state index in [1.165, 1.54) is 0 Å². The summed E-state index contributed by atoms with van der Waals surface area (Å²) in [7, 11) is 0. The SMILES string of the molecule is O=C(CCc1ccccc1)Oc1ccccc1Br. The summed E-state index contributed by atoms with van der Waals surface area (Å²) in [4.78, 5) is 11.7. The molecule has 0 saturated heterocycles. The number of rotatable bonds is 4. The molecular weight excluding hydrogens is 292 g/mol. The van der Waals surface area contributed by atoms with Crippen molar-refractivity contribution in [3.63, 3.8) is 0 Å². The molecule has 92 valence electrons. The van der Waals surface area contributed by atoms with Gasteiger partial charge in [0, 0.05) is 6.42 Å². The highest BCUT2D eigenvalue weighted by molar-refractivity contribution is 9.10. The zero-order valence-electron chi connectivity index (χ0n) is 9.80. The zero-order chi connectivity index (χ0) is 12.8. The fourth-order valence-corrected chi connectivity index (χ4v) is 1.96. The summed E-state index contributed by atoms with van der Waals surface area (Å²) in [6, 6.07) is 17.2. The summed E-state index contributed by atoms with van der Waals surface area (Å²) in [5, 5.41) is 0. The van der Waals surface area contributed by atoms with Crippen molar-refractivity contribution >= 4 is 21.9 Å². The molecule has 0 spiro atoms. The molecule has 2 rings (SSSR count). The highest BCUT2D eigenvalue weighted by atomic mass is 79.9. The Balaban J connectivity index is 1.88. The van der Waals surface area contributed by atoms with Crippen LogP contribution in [0.25, 0.3) is 0 Å². The van der Waals surface area contributed by atoms with Crippen LogP contribution in [0.3, 0.4) is 0 Å². The Morgan fingerprint density at radius 1 is 1.00 bits per heavy atom. The summed E-state index contributed by atoms with van der Waals surface area (Å²) >= 11 is 3.34. The third-order valence-electron chi connectivity index (χ3n) is 2.52. The van der Waals surface area contributed by atoms with E-state index in [9.17, 15) is 4.79 Å². The lowest BCUT2D eigenvalue weighted by atomic mass is 10.1. The Labute approximate surface area is 115 Å². The molecule has 0 fully saturated rings. The minimum Gasteiger partial charge on any atom is -0.425 e. The maximum atomic E-state index is 11.7. The standard InChI is InChI=1S/C15H13BrO2/c16-13-8-4-5-9-14(13)18-15(17)11-10-12-6-2-1-3-7-12/h1-9H,10-11H2. The largest absolute Gasteiger partial charge is 0.425 e. The van der Waals surface area contributed by atoms with Gasteiger partial charge in [0.2, 0.25) is 0 Å². The molecule has 0 amide bonds. The van der Waals surface area contributed by atoms with Crippen LogP contribution < -0.4 is 4.74 Å². The van der Waals surface area contributed by atoms with Crippen molar-refractivity contribution in [2.24, 2.45) is 0 Å². The summed E-state index contributed by atoms with van der Waals surface area (Å²) in [6.07, 6.45) is 1.08. The lowest BCUT2D eigenvalue weighted by Gasteiger charge is -2.06. The molecule has 0 aliphatic heterocycles. The van der Waals surface area contributed by atoms with Crippen LogP contribution in [0.5, 0.6) is 5.75 Å². The molecule has 0 radical (unpaired) electrons. The molecule has 0 heterocycles. The van der Waals surface area contributed by atoms with E-state index in [0.717, 1.165) is 10.0 Å². The van der Waals surface area contributed by atoms with Gasteiger partial charge in [0.15, 0.2) is 0 Å².